The van der Waals surface area contributed by atoms with E-state index in [-0.39, 0.29) is 11.3 Å². The molecular weight excluding hydrogens is 163 g/mol. The molecule has 5 heteroatoms. The van der Waals surface area contributed by atoms with Crippen LogP contribution in [0.3, 0.4) is 0 Å². The maximum absolute atomic E-state index is 12.8. The summed E-state index contributed by atoms with van der Waals surface area (Å²) in [5.41, 5.74) is 1.58. The molecule has 0 spiro atoms. The number of carbonyl (C=O) groups is 1. The minimum Gasteiger partial charge on any atom is -0.288 e. The van der Waals surface area contributed by atoms with Crippen LogP contribution in [0.15, 0.2) is 12.3 Å². The van der Waals surface area contributed by atoms with Gasteiger partial charge in [0.1, 0.15) is 5.82 Å². The molecule has 0 aliphatic rings. The molecule has 0 atom stereocenters. The molecule has 0 aromatic carbocycles. The van der Waals surface area contributed by atoms with Crippen molar-refractivity contribution in [3.8, 4) is 0 Å². The number of rotatable bonds is 1. The number of amides is 1. The molecule has 0 aliphatic heterocycles. The van der Waals surface area contributed by atoms with Crippen molar-refractivity contribution in [2.75, 3.05) is 0 Å². The number of nitrogens with one attached hydrogen (secondary N) is 1. The Balaban J connectivity index is 3.05. The molecule has 2 N–H and O–H groups in total. The molecule has 1 amide bonds. The average Bonchev–Trinajstić information content (AvgIpc) is 2.08. The first kappa shape index (κ1) is 8.61. The quantitative estimate of drug-likeness (QED) is 0.480. The Kier molecular flexibility index (Phi) is 2.35. The lowest BCUT2D eigenvalue weighted by atomic mass is 10.2. The van der Waals surface area contributed by atoms with Gasteiger partial charge in [-0.3, -0.25) is 15.0 Å². The van der Waals surface area contributed by atoms with Crippen LogP contribution in [0.4, 0.5) is 4.39 Å². The van der Waals surface area contributed by atoms with Crippen LogP contribution in [0.5, 0.6) is 0 Å². The highest BCUT2D eigenvalue weighted by Gasteiger charge is 2.06. The van der Waals surface area contributed by atoms with Gasteiger partial charge >= 0.3 is 0 Å². The van der Waals surface area contributed by atoms with E-state index in [1.807, 2.05) is 0 Å². The Morgan fingerprint density at radius 1 is 1.75 bits per heavy atom. The summed E-state index contributed by atoms with van der Waals surface area (Å²) in [6, 6.07) is 1.01. The van der Waals surface area contributed by atoms with Gasteiger partial charge in [0.25, 0.3) is 5.91 Å². The zero-order valence-electron chi connectivity index (χ0n) is 6.34. The molecule has 0 aliphatic carbocycles. The minimum atomic E-state index is -0.776. The fourth-order valence-electron chi connectivity index (χ4n) is 0.695. The maximum Gasteiger partial charge on any atom is 0.276 e. The van der Waals surface area contributed by atoms with E-state index < -0.39 is 11.7 Å². The van der Waals surface area contributed by atoms with E-state index in [0.717, 1.165) is 6.07 Å². The standard InChI is InChI=1S/C7H7FN2O2/c1-4-6(8)2-5(3-9-4)7(11)10-12/h2-3,12H,1H3,(H,10,11). The van der Waals surface area contributed by atoms with Crippen LogP contribution in [0.2, 0.25) is 0 Å². The van der Waals surface area contributed by atoms with E-state index in [0.29, 0.717) is 0 Å². The van der Waals surface area contributed by atoms with Crippen molar-refractivity contribution in [3.05, 3.63) is 29.3 Å². The fourth-order valence-corrected chi connectivity index (χ4v) is 0.695. The van der Waals surface area contributed by atoms with Crippen molar-refractivity contribution in [2.24, 2.45) is 0 Å². The summed E-state index contributed by atoms with van der Waals surface area (Å²) in [4.78, 5) is 14.3. The number of halogens is 1. The van der Waals surface area contributed by atoms with Crippen LogP contribution in [0.25, 0.3) is 0 Å². The number of carbonyl (C=O) groups excluding carboxylic acids is 1. The molecule has 1 heterocycles. The van der Waals surface area contributed by atoms with Crippen LogP contribution >= 0.6 is 0 Å². The van der Waals surface area contributed by atoms with Crippen LogP contribution in [0, 0.1) is 12.7 Å². The molecule has 64 valence electrons. The predicted molar refractivity (Wildman–Crippen MR) is 38.2 cm³/mol. The summed E-state index contributed by atoms with van der Waals surface area (Å²) in [5, 5.41) is 8.20. The average molecular weight is 170 g/mol. The van der Waals surface area contributed by atoms with Crippen LogP contribution in [-0.4, -0.2) is 16.1 Å². The summed E-state index contributed by atoms with van der Waals surface area (Å²) >= 11 is 0. The number of hydroxylamine groups is 1. The van der Waals surface area contributed by atoms with Crippen molar-refractivity contribution in [3.63, 3.8) is 0 Å². The van der Waals surface area contributed by atoms with Crippen molar-refractivity contribution in [1.29, 1.82) is 0 Å². The lowest BCUT2D eigenvalue weighted by Crippen LogP contribution is -2.19. The third kappa shape index (κ3) is 1.57. The molecule has 0 radical (unpaired) electrons. The van der Waals surface area contributed by atoms with Gasteiger partial charge in [-0.15, -0.1) is 0 Å². The number of aromatic nitrogens is 1. The van der Waals surface area contributed by atoms with Gasteiger partial charge in [0.15, 0.2) is 0 Å². The smallest absolute Gasteiger partial charge is 0.276 e. The predicted octanol–water partition coefficient (Wildman–Crippen LogP) is 0.648. The van der Waals surface area contributed by atoms with E-state index >= 15 is 0 Å². The molecule has 0 bridgehead atoms. The van der Waals surface area contributed by atoms with Crippen molar-refractivity contribution < 1.29 is 14.4 Å². The Morgan fingerprint density at radius 3 is 2.92 bits per heavy atom. The summed E-state index contributed by atoms with van der Waals surface area (Å²) < 4.78 is 12.8. The fraction of sp³-hybridized carbons (Fsp3) is 0.143. The summed E-state index contributed by atoms with van der Waals surface area (Å²) in [6.45, 7) is 1.48. The molecular formula is C7H7FN2O2. The molecule has 1 rings (SSSR count). The van der Waals surface area contributed by atoms with Gasteiger partial charge < -0.3 is 0 Å². The van der Waals surface area contributed by atoms with Gasteiger partial charge in [0.2, 0.25) is 0 Å². The Morgan fingerprint density at radius 2 is 2.42 bits per heavy atom. The molecule has 0 unspecified atom stereocenters. The third-order valence-electron chi connectivity index (χ3n) is 1.39. The Bertz CT molecular complexity index is 314. The van der Waals surface area contributed by atoms with Crippen LogP contribution < -0.4 is 5.48 Å². The lowest BCUT2D eigenvalue weighted by molar-refractivity contribution is 0.0705. The minimum absolute atomic E-state index is 0.0133. The highest BCUT2D eigenvalue weighted by atomic mass is 19.1. The van der Waals surface area contributed by atoms with Gasteiger partial charge in [0.05, 0.1) is 11.3 Å². The lowest BCUT2D eigenvalue weighted by Gasteiger charge is -1.99. The second kappa shape index (κ2) is 3.27. The number of pyridine rings is 1. The topological polar surface area (TPSA) is 62.2 Å². The normalized spacial score (nSPS) is 9.58. The van der Waals surface area contributed by atoms with E-state index in [1.165, 1.54) is 18.6 Å². The molecule has 4 nitrogen and oxygen atoms in total. The second-order valence-electron chi connectivity index (χ2n) is 2.23. The number of hydrogen-bond acceptors (Lipinski definition) is 3. The summed E-state index contributed by atoms with van der Waals surface area (Å²) in [6.07, 6.45) is 1.18. The van der Waals surface area contributed by atoms with Gasteiger partial charge in [0, 0.05) is 6.20 Å². The largest absolute Gasteiger partial charge is 0.288 e. The molecule has 0 fully saturated rings. The van der Waals surface area contributed by atoms with E-state index in [4.69, 9.17) is 5.21 Å². The molecule has 1 aromatic heterocycles. The first-order valence-corrected chi connectivity index (χ1v) is 3.21. The zero-order chi connectivity index (χ0) is 9.14. The van der Waals surface area contributed by atoms with Gasteiger partial charge in [-0.1, -0.05) is 0 Å². The van der Waals surface area contributed by atoms with Gasteiger partial charge in [-0.2, -0.15) is 0 Å². The van der Waals surface area contributed by atoms with Gasteiger partial charge in [-0.25, -0.2) is 9.87 Å². The highest BCUT2D eigenvalue weighted by Crippen LogP contribution is 2.05. The Labute approximate surface area is 68.0 Å². The third-order valence-corrected chi connectivity index (χ3v) is 1.39. The first-order chi connectivity index (χ1) is 5.65. The van der Waals surface area contributed by atoms with E-state index in [9.17, 15) is 9.18 Å². The van der Waals surface area contributed by atoms with Gasteiger partial charge in [-0.05, 0) is 13.0 Å². The zero-order valence-corrected chi connectivity index (χ0v) is 6.34. The number of aryl methyl sites for hydroxylation is 1. The molecule has 0 saturated carbocycles. The number of nitrogens with zero attached hydrogens (tertiary/aromatic N) is 1. The maximum atomic E-state index is 12.8. The molecule has 1 aromatic rings. The monoisotopic (exact) mass is 170 g/mol. The Hall–Kier alpha value is -1.49. The summed E-state index contributed by atoms with van der Waals surface area (Å²) in [5.74, 6) is -1.35. The van der Waals surface area contributed by atoms with Crippen molar-refractivity contribution in [1.82, 2.24) is 10.5 Å². The van der Waals surface area contributed by atoms with E-state index in [2.05, 4.69) is 4.98 Å². The van der Waals surface area contributed by atoms with Crippen LogP contribution in [-0.2, 0) is 0 Å². The molecule has 12 heavy (non-hydrogen) atoms. The second-order valence-corrected chi connectivity index (χ2v) is 2.23. The number of hydrogen-bond donors (Lipinski definition) is 2. The first-order valence-electron chi connectivity index (χ1n) is 3.21. The van der Waals surface area contributed by atoms with Crippen molar-refractivity contribution >= 4 is 5.91 Å². The highest BCUT2D eigenvalue weighted by molar-refractivity contribution is 5.92. The molecule has 0 saturated heterocycles. The SMILES string of the molecule is Cc1ncc(C(=O)NO)cc1F. The summed E-state index contributed by atoms with van der Waals surface area (Å²) in [7, 11) is 0. The van der Waals surface area contributed by atoms with Crippen LogP contribution in [0.1, 0.15) is 16.1 Å². The van der Waals surface area contributed by atoms with Crippen molar-refractivity contribution in [2.45, 2.75) is 6.92 Å². The van der Waals surface area contributed by atoms with E-state index in [1.54, 1.807) is 0 Å².